The highest BCUT2D eigenvalue weighted by molar-refractivity contribution is 7.80. The normalized spacial score (nSPS) is 17.0. The lowest BCUT2D eigenvalue weighted by Gasteiger charge is -2.14. The number of nitrogens with zero attached hydrogens (tertiary/aromatic N) is 1. The van der Waals surface area contributed by atoms with Gasteiger partial charge < -0.3 is 4.90 Å². The fourth-order valence-corrected chi connectivity index (χ4v) is 1.93. The lowest BCUT2D eigenvalue weighted by molar-refractivity contribution is -0.127. The molecule has 0 spiro atoms. The van der Waals surface area contributed by atoms with Crippen LogP contribution in [0.5, 0.6) is 0 Å². The average Bonchev–Trinajstić information content (AvgIpc) is 2.52. The Balaban J connectivity index is 1.96. The zero-order chi connectivity index (χ0) is 9.52. The van der Waals surface area contributed by atoms with Gasteiger partial charge in [-0.2, -0.15) is 12.6 Å². The molecular formula is C10H19NOS. The Bertz CT molecular complexity index is 161. The van der Waals surface area contributed by atoms with Gasteiger partial charge in [-0.25, -0.2) is 0 Å². The molecule has 13 heavy (non-hydrogen) atoms. The number of carbonyl (C=O) groups excluding carboxylic acids is 1. The first-order chi connectivity index (χ1) is 6.34. The molecule has 2 nitrogen and oxygen atoms in total. The molecule has 1 amide bonds. The first-order valence-electron chi connectivity index (χ1n) is 5.23. The van der Waals surface area contributed by atoms with Crippen LogP contribution < -0.4 is 0 Å². The number of hydrogen-bond donors (Lipinski definition) is 1. The molecule has 76 valence electrons. The number of likely N-dealkylation sites (tertiary alicyclic amines) is 1. The summed E-state index contributed by atoms with van der Waals surface area (Å²) in [6, 6.07) is 0. The second-order valence-corrected chi connectivity index (χ2v) is 4.07. The molecule has 0 aliphatic carbocycles. The summed E-state index contributed by atoms with van der Waals surface area (Å²) in [7, 11) is 0. The summed E-state index contributed by atoms with van der Waals surface area (Å²) < 4.78 is 0. The molecule has 0 unspecified atom stereocenters. The Morgan fingerprint density at radius 1 is 1.23 bits per heavy atom. The SMILES string of the molecule is O=C1CCCN1CCCCCCS. The molecule has 1 fully saturated rings. The molecule has 3 heteroatoms. The van der Waals surface area contributed by atoms with Crippen LogP contribution in [0.25, 0.3) is 0 Å². The summed E-state index contributed by atoms with van der Waals surface area (Å²) >= 11 is 4.16. The molecule has 1 aliphatic rings. The summed E-state index contributed by atoms with van der Waals surface area (Å²) in [5.74, 6) is 1.34. The minimum Gasteiger partial charge on any atom is -0.343 e. The molecule has 1 heterocycles. The number of unbranched alkanes of at least 4 members (excludes halogenated alkanes) is 3. The van der Waals surface area contributed by atoms with Crippen molar-refractivity contribution in [3.8, 4) is 0 Å². The van der Waals surface area contributed by atoms with Crippen molar-refractivity contribution in [3.05, 3.63) is 0 Å². The van der Waals surface area contributed by atoms with Gasteiger partial charge >= 0.3 is 0 Å². The van der Waals surface area contributed by atoms with Crippen molar-refractivity contribution in [3.63, 3.8) is 0 Å². The maximum atomic E-state index is 11.2. The largest absolute Gasteiger partial charge is 0.343 e. The molecule has 0 N–H and O–H groups in total. The van der Waals surface area contributed by atoms with Gasteiger partial charge in [0.05, 0.1) is 0 Å². The van der Waals surface area contributed by atoms with E-state index in [9.17, 15) is 4.79 Å². The molecule has 0 aromatic rings. The maximum absolute atomic E-state index is 11.2. The van der Waals surface area contributed by atoms with Gasteiger partial charge in [0.1, 0.15) is 0 Å². The van der Waals surface area contributed by atoms with Crippen molar-refractivity contribution in [1.82, 2.24) is 4.90 Å². The third kappa shape index (κ3) is 4.03. The van der Waals surface area contributed by atoms with Crippen LogP contribution in [0.3, 0.4) is 0 Å². The van der Waals surface area contributed by atoms with E-state index in [4.69, 9.17) is 0 Å². The number of thiol groups is 1. The van der Waals surface area contributed by atoms with E-state index < -0.39 is 0 Å². The Labute approximate surface area is 86.1 Å². The topological polar surface area (TPSA) is 20.3 Å². The predicted octanol–water partition coefficient (Wildman–Crippen LogP) is 2.10. The fraction of sp³-hybridized carbons (Fsp3) is 0.900. The first-order valence-corrected chi connectivity index (χ1v) is 5.86. The highest BCUT2D eigenvalue weighted by atomic mass is 32.1. The van der Waals surface area contributed by atoms with Crippen molar-refractivity contribution in [2.45, 2.75) is 38.5 Å². The van der Waals surface area contributed by atoms with E-state index in [1.807, 2.05) is 4.90 Å². The summed E-state index contributed by atoms with van der Waals surface area (Å²) in [5.41, 5.74) is 0. The highest BCUT2D eigenvalue weighted by Crippen LogP contribution is 2.11. The van der Waals surface area contributed by atoms with Gasteiger partial charge in [-0.05, 0) is 25.0 Å². The van der Waals surface area contributed by atoms with E-state index in [2.05, 4.69) is 12.6 Å². The summed E-state index contributed by atoms with van der Waals surface area (Å²) in [5, 5.41) is 0. The Morgan fingerprint density at radius 2 is 2.00 bits per heavy atom. The van der Waals surface area contributed by atoms with Crippen LogP contribution in [0.15, 0.2) is 0 Å². The van der Waals surface area contributed by atoms with Crippen LogP contribution >= 0.6 is 12.6 Å². The second kappa shape index (κ2) is 6.30. The second-order valence-electron chi connectivity index (χ2n) is 3.62. The smallest absolute Gasteiger partial charge is 0.222 e. The van der Waals surface area contributed by atoms with Crippen molar-refractivity contribution in [1.29, 1.82) is 0 Å². The van der Waals surface area contributed by atoms with Crippen LogP contribution in [0, 0.1) is 0 Å². The van der Waals surface area contributed by atoms with E-state index in [-0.39, 0.29) is 0 Å². The molecule has 1 aliphatic heterocycles. The zero-order valence-corrected chi connectivity index (χ0v) is 9.06. The molecule has 0 aromatic carbocycles. The van der Waals surface area contributed by atoms with Gasteiger partial charge in [0, 0.05) is 19.5 Å². The number of carbonyl (C=O) groups is 1. The van der Waals surface area contributed by atoms with Gasteiger partial charge in [0.2, 0.25) is 5.91 Å². The Hall–Kier alpha value is -0.180. The third-order valence-corrected chi connectivity index (χ3v) is 2.82. The molecule has 1 saturated heterocycles. The van der Waals surface area contributed by atoms with Crippen molar-refractivity contribution in [2.75, 3.05) is 18.8 Å². The highest BCUT2D eigenvalue weighted by Gasteiger charge is 2.18. The fourth-order valence-electron chi connectivity index (χ4n) is 1.71. The standard InChI is InChI=1S/C10H19NOS/c12-10-6-5-8-11(10)7-3-1-2-4-9-13/h13H,1-9H2. The number of rotatable bonds is 6. The number of hydrogen-bond acceptors (Lipinski definition) is 2. The van der Waals surface area contributed by atoms with Gasteiger partial charge in [-0.1, -0.05) is 12.8 Å². The molecule has 0 atom stereocenters. The van der Waals surface area contributed by atoms with Crippen LogP contribution in [-0.4, -0.2) is 29.6 Å². The molecule has 1 rings (SSSR count). The van der Waals surface area contributed by atoms with E-state index >= 15 is 0 Å². The van der Waals surface area contributed by atoms with Gasteiger partial charge in [0.15, 0.2) is 0 Å². The molecule has 0 radical (unpaired) electrons. The molecule has 0 aromatic heterocycles. The Morgan fingerprint density at radius 3 is 2.62 bits per heavy atom. The summed E-state index contributed by atoms with van der Waals surface area (Å²) in [6.07, 6.45) is 6.71. The minimum absolute atomic E-state index is 0.356. The van der Waals surface area contributed by atoms with Crippen molar-refractivity contribution in [2.24, 2.45) is 0 Å². The van der Waals surface area contributed by atoms with Gasteiger partial charge in [-0.15, -0.1) is 0 Å². The lowest BCUT2D eigenvalue weighted by Crippen LogP contribution is -2.25. The maximum Gasteiger partial charge on any atom is 0.222 e. The quantitative estimate of drug-likeness (QED) is 0.515. The molecule has 0 saturated carbocycles. The number of amides is 1. The molecule has 0 bridgehead atoms. The van der Waals surface area contributed by atoms with E-state index in [0.717, 1.165) is 31.7 Å². The van der Waals surface area contributed by atoms with Crippen LogP contribution in [0.4, 0.5) is 0 Å². The van der Waals surface area contributed by atoms with E-state index in [0.29, 0.717) is 5.91 Å². The third-order valence-electron chi connectivity index (χ3n) is 2.51. The first kappa shape index (κ1) is 10.9. The Kier molecular flexibility index (Phi) is 5.28. The van der Waals surface area contributed by atoms with Crippen molar-refractivity contribution < 1.29 is 4.79 Å². The van der Waals surface area contributed by atoms with Gasteiger partial charge in [-0.3, -0.25) is 4.79 Å². The minimum atomic E-state index is 0.356. The average molecular weight is 201 g/mol. The lowest BCUT2D eigenvalue weighted by atomic mass is 10.2. The summed E-state index contributed by atoms with van der Waals surface area (Å²) in [4.78, 5) is 13.2. The van der Waals surface area contributed by atoms with E-state index in [1.54, 1.807) is 0 Å². The monoisotopic (exact) mass is 201 g/mol. The van der Waals surface area contributed by atoms with Gasteiger partial charge in [0.25, 0.3) is 0 Å². The van der Waals surface area contributed by atoms with Crippen molar-refractivity contribution >= 4 is 18.5 Å². The zero-order valence-electron chi connectivity index (χ0n) is 8.17. The van der Waals surface area contributed by atoms with E-state index in [1.165, 1.54) is 25.7 Å². The van der Waals surface area contributed by atoms with Crippen LogP contribution in [-0.2, 0) is 4.79 Å². The summed E-state index contributed by atoms with van der Waals surface area (Å²) in [6.45, 7) is 1.97. The molecular weight excluding hydrogens is 182 g/mol. The van der Waals surface area contributed by atoms with Crippen LogP contribution in [0.1, 0.15) is 38.5 Å². The predicted molar refractivity (Wildman–Crippen MR) is 58.1 cm³/mol. The van der Waals surface area contributed by atoms with Crippen LogP contribution in [0.2, 0.25) is 0 Å².